The van der Waals surface area contributed by atoms with Gasteiger partial charge in [-0.2, -0.15) is 5.10 Å². The lowest BCUT2D eigenvalue weighted by molar-refractivity contribution is 0.0332. The van der Waals surface area contributed by atoms with Crippen molar-refractivity contribution >= 4 is 5.91 Å². The molecule has 4 rings (SSSR count). The number of rotatable bonds is 3. The van der Waals surface area contributed by atoms with Crippen LogP contribution in [-0.2, 0) is 13.6 Å². The zero-order valence-corrected chi connectivity index (χ0v) is 14.1. The van der Waals surface area contributed by atoms with Crippen LogP contribution < -0.4 is 0 Å². The number of carbonyl (C=O) groups excluding carboxylic acids is 1. The number of carbonyl (C=O) groups is 1. The number of nitrogens with zero attached hydrogens (tertiary/aromatic N) is 4. The monoisotopic (exact) mass is 328 g/mol. The van der Waals surface area contributed by atoms with Gasteiger partial charge >= 0.3 is 0 Å². The summed E-state index contributed by atoms with van der Waals surface area (Å²) in [4.78, 5) is 17.3. The first-order chi connectivity index (χ1) is 11.7. The van der Waals surface area contributed by atoms with E-state index in [0.717, 1.165) is 51.9 Å². The van der Waals surface area contributed by atoms with E-state index in [1.807, 2.05) is 17.9 Å². The van der Waals surface area contributed by atoms with Crippen LogP contribution in [0.1, 0.15) is 41.8 Å². The number of hydrogen-bond acceptors (Lipinski definition) is 4. The van der Waals surface area contributed by atoms with Gasteiger partial charge in [0.15, 0.2) is 5.76 Å². The van der Waals surface area contributed by atoms with Crippen molar-refractivity contribution in [3.8, 4) is 0 Å². The number of furan rings is 1. The van der Waals surface area contributed by atoms with Gasteiger partial charge < -0.3 is 9.32 Å². The van der Waals surface area contributed by atoms with E-state index >= 15 is 0 Å². The second-order valence-corrected chi connectivity index (χ2v) is 7.06. The van der Waals surface area contributed by atoms with E-state index < -0.39 is 0 Å². The molecule has 2 aromatic rings. The maximum Gasteiger partial charge on any atom is 0.290 e. The van der Waals surface area contributed by atoms with Crippen molar-refractivity contribution in [1.82, 2.24) is 19.6 Å². The fourth-order valence-corrected chi connectivity index (χ4v) is 4.25. The molecule has 1 amide bonds. The minimum Gasteiger partial charge on any atom is -0.459 e. The smallest absolute Gasteiger partial charge is 0.290 e. The zero-order chi connectivity index (χ0) is 16.6. The Kier molecular flexibility index (Phi) is 3.92. The highest BCUT2D eigenvalue weighted by molar-refractivity contribution is 5.92. The highest BCUT2D eigenvalue weighted by Gasteiger charge is 2.46. The largest absolute Gasteiger partial charge is 0.459 e. The van der Waals surface area contributed by atoms with Crippen LogP contribution in [-0.4, -0.2) is 50.7 Å². The average molecular weight is 328 g/mol. The molecular weight excluding hydrogens is 304 g/mol. The van der Waals surface area contributed by atoms with Crippen molar-refractivity contribution in [2.75, 3.05) is 19.6 Å². The third-order valence-corrected chi connectivity index (χ3v) is 5.52. The van der Waals surface area contributed by atoms with E-state index in [0.29, 0.717) is 5.76 Å². The zero-order valence-electron chi connectivity index (χ0n) is 14.1. The van der Waals surface area contributed by atoms with E-state index in [2.05, 4.69) is 21.1 Å². The van der Waals surface area contributed by atoms with Gasteiger partial charge in [0, 0.05) is 50.5 Å². The molecule has 0 radical (unpaired) electrons. The molecule has 1 spiro atoms. The first-order valence-electron chi connectivity index (χ1n) is 8.72. The van der Waals surface area contributed by atoms with E-state index in [-0.39, 0.29) is 11.4 Å². The molecule has 0 aromatic carbocycles. The second kappa shape index (κ2) is 6.09. The molecule has 0 N–H and O–H groups in total. The van der Waals surface area contributed by atoms with Crippen LogP contribution >= 0.6 is 0 Å². The number of hydrogen-bond donors (Lipinski definition) is 0. The van der Waals surface area contributed by atoms with Crippen LogP contribution in [0, 0.1) is 0 Å². The summed E-state index contributed by atoms with van der Waals surface area (Å²) in [7, 11) is 1.95. The summed E-state index contributed by atoms with van der Waals surface area (Å²) in [6, 6.07) is 3.55. The topological polar surface area (TPSA) is 54.5 Å². The minimum atomic E-state index is 0.0231. The van der Waals surface area contributed by atoms with Crippen molar-refractivity contribution in [2.45, 2.75) is 37.8 Å². The van der Waals surface area contributed by atoms with Gasteiger partial charge in [-0.1, -0.05) is 0 Å². The summed E-state index contributed by atoms with van der Waals surface area (Å²) in [6.45, 7) is 3.84. The van der Waals surface area contributed by atoms with Gasteiger partial charge in [0.1, 0.15) is 0 Å². The Hall–Kier alpha value is -2.08. The lowest BCUT2D eigenvalue weighted by Gasteiger charge is -2.44. The normalized spacial score (nSPS) is 20.8. The standard InChI is InChI=1S/C18H24N4O2/c1-20-13-15(12-19-20)14-21-9-6-18(7-10-21)5-3-8-22(18)17(23)16-4-2-11-24-16/h2,4,11-13H,3,5-10,14H2,1H3. The SMILES string of the molecule is Cn1cc(CN2CCC3(CCCN3C(=O)c3ccco3)CC2)cn1. The van der Waals surface area contributed by atoms with Crippen molar-refractivity contribution in [3.63, 3.8) is 0 Å². The fraction of sp³-hybridized carbons (Fsp3) is 0.556. The molecular formula is C18H24N4O2. The highest BCUT2D eigenvalue weighted by Crippen LogP contribution is 2.39. The molecule has 0 aliphatic carbocycles. The number of aryl methyl sites for hydroxylation is 1. The van der Waals surface area contributed by atoms with Crippen LogP contribution in [0.3, 0.4) is 0 Å². The van der Waals surface area contributed by atoms with Crippen molar-refractivity contribution in [1.29, 1.82) is 0 Å². The van der Waals surface area contributed by atoms with Gasteiger partial charge in [-0.25, -0.2) is 0 Å². The Morgan fingerprint density at radius 2 is 2.12 bits per heavy atom. The Morgan fingerprint density at radius 3 is 2.79 bits per heavy atom. The van der Waals surface area contributed by atoms with Crippen molar-refractivity contribution < 1.29 is 9.21 Å². The Balaban J connectivity index is 1.42. The summed E-state index contributed by atoms with van der Waals surface area (Å²) in [5, 5.41) is 4.24. The summed E-state index contributed by atoms with van der Waals surface area (Å²) in [5.74, 6) is 0.521. The molecule has 2 aliphatic rings. The van der Waals surface area contributed by atoms with Crippen LogP contribution in [0.25, 0.3) is 0 Å². The van der Waals surface area contributed by atoms with Crippen LogP contribution in [0.4, 0.5) is 0 Å². The molecule has 0 saturated carbocycles. The molecule has 4 heterocycles. The van der Waals surface area contributed by atoms with Gasteiger partial charge in [-0.15, -0.1) is 0 Å². The lowest BCUT2D eigenvalue weighted by atomic mass is 9.84. The Bertz CT molecular complexity index is 698. The number of aromatic nitrogens is 2. The molecule has 128 valence electrons. The molecule has 0 bridgehead atoms. The molecule has 6 nitrogen and oxygen atoms in total. The van der Waals surface area contributed by atoms with Gasteiger partial charge in [0.2, 0.25) is 0 Å². The quantitative estimate of drug-likeness (QED) is 0.867. The summed E-state index contributed by atoms with van der Waals surface area (Å²) < 4.78 is 7.18. The first-order valence-corrected chi connectivity index (χ1v) is 8.72. The third-order valence-electron chi connectivity index (χ3n) is 5.52. The van der Waals surface area contributed by atoms with E-state index in [1.54, 1.807) is 18.4 Å². The van der Waals surface area contributed by atoms with Crippen molar-refractivity contribution in [2.24, 2.45) is 7.05 Å². The number of amides is 1. The fourth-order valence-electron chi connectivity index (χ4n) is 4.25. The third kappa shape index (κ3) is 2.75. The molecule has 24 heavy (non-hydrogen) atoms. The molecule has 6 heteroatoms. The van der Waals surface area contributed by atoms with Gasteiger partial charge in [-0.3, -0.25) is 14.4 Å². The average Bonchev–Trinajstić information content (AvgIpc) is 3.31. The van der Waals surface area contributed by atoms with E-state index in [4.69, 9.17) is 4.42 Å². The van der Waals surface area contributed by atoms with Crippen LogP contribution in [0.15, 0.2) is 35.2 Å². The molecule has 0 unspecified atom stereocenters. The number of likely N-dealkylation sites (tertiary alicyclic amines) is 2. The molecule has 2 aromatic heterocycles. The molecule has 2 saturated heterocycles. The maximum absolute atomic E-state index is 12.8. The van der Waals surface area contributed by atoms with Gasteiger partial charge in [-0.05, 0) is 37.8 Å². The molecule has 2 aliphatic heterocycles. The van der Waals surface area contributed by atoms with Crippen molar-refractivity contribution in [3.05, 3.63) is 42.1 Å². The van der Waals surface area contributed by atoms with E-state index in [9.17, 15) is 4.79 Å². The van der Waals surface area contributed by atoms with Crippen LogP contribution in [0.5, 0.6) is 0 Å². The predicted molar refractivity (Wildman–Crippen MR) is 89.4 cm³/mol. The highest BCUT2D eigenvalue weighted by atomic mass is 16.3. The summed E-state index contributed by atoms with van der Waals surface area (Å²) in [6.07, 6.45) is 9.88. The van der Waals surface area contributed by atoms with Gasteiger partial charge in [0.05, 0.1) is 12.5 Å². The first kappa shape index (κ1) is 15.4. The van der Waals surface area contributed by atoms with Gasteiger partial charge in [0.25, 0.3) is 5.91 Å². The second-order valence-electron chi connectivity index (χ2n) is 7.06. The van der Waals surface area contributed by atoms with Crippen LogP contribution in [0.2, 0.25) is 0 Å². The summed E-state index contributed by atoms with van der Waals surface area (Å²) in [5.41, 5.74) is 1.28. The predicted octanol–water partition coefficient (Wildman–Crippen LogP) is 2.28. The Labute approximate surface area is 142 Å². The maximum atomic E-state index is 12.8. The summed E-state index contributed by atoms with van der Waals surface area (Å²) >= 11 is 0. The lowest BCUT2D eigenvalue weighted by Crippen LogP contribution is -2.53. The molecule has 2 fully saturated rings. The number of piperidine rings is 1. The minimum absolute atomic E-state index is 0.0231. The van der Waals surface area contributed by atoms with E-state index in [1.165, 1.54) is 5.56 Å². The Morgan fingerprint density at radius 1 is 1.29 bits per heavy atom. The molecule has 0 atom stereocenters.